The van der Waals surface area contributed by atoms with E-state index in [0.29, 0.717) is 0 Å². The first-order chi connectivity index (χ1) is 13.4. The standard InChI is InChI=1S/C26H30OSi/c1-22(20-21-23-14-8-5-9-15-23)27-28(26(2,3)4,24-16-10-6-11-17-24)25-18-12-7-13-19-25/h5-22H,1-4H3/b21-20+. The molecule has 28 heavy (non-hydrogen) atoms. The van der Waals surface area contributed by atoms with E-state index in [1.54, 1.807) is 0 Å². The third-order valence-corrected chi connectivity index (χ3v) is 10.3. The van der Waals surface area contributed by atoms with Crippen molar-refractivity contribution < 1.29 is 4.43 Å². The van der Waals surface area contributed by atoms with Gasteiger partial charge in [-0.25, -0.2) is 0 Å². The molecule has 0 aliphatic carbocycles. The first kappa shape index (κ1) is 20.3. The molecule has 144 valence electrons. The molecular weight excluding hydrogens is 356 g/mol. The topological polar surface area (TPSA) is 9.23 Å². The predicted octanol–water partition coefficient (Wildman–Crippen LogP) is 5.66. The van der Waals surface area contributed by atoms with Crippen molar-refractivity contribution in [3.8, 4) is 0 Å². The number of hydrogen-bond donors (Lipinski definition) is 0. The maximum Gasteiger partial charge on any atom is 0.261 e. The van der Waals surface area contributed by atoms with E-state index in [2.05, 4.69) is 125 Å². The van der Waals surface area contributed by atoms with Crippen molar-refractivity contribution in [1.82, 2.24) is 0 Å². The van der Waals surface area contributed by atoms with E-state index in [1.165, 1.54) is 15.9 Å². The second-order valence-electron chi connectivity index (χ2n) is 8.26. The average molecular weight is 387 g/mol. The molecule has 3 rings (SSSR count). The second-order valence-corrected chi connectivity index (χ2v) is 12.5. The Morgan fingerprint density at radius 2 is 1.14 bits per heavy atom. The minimum atomic E-state index is -2.50. The molecule has 0 radical (unpaired) electrons. The summed E-state index contributed by atoms with van der Waals surface area (Å²) < 4.78 is 7.05. The summed E-state index contributed by atoms with van der Waals surface area (Å²) >= 11 is 0. The molecule has 0 heterocycles. The van der Waals surface area contributed by atoms with E-state index < -0.39 is 8.32 Å². The molecule has 0 aromatic heterocycles. The minimum Gasteiger partial charge on any atom is -0.401 e. The van der Waals surface area contributed by atoms with Crippen molar-refractivity contribution in [2.45, 2.75) is 38.8 Å². The molecule has 0 fully saturated rings. The van der Waals surface area contributed by atoms with Gasteiger partial charge in [-0.15, -0.1) is 0 Å². The highest BCUT2D eigenvalue weighted by atomic mass is 28.4. The van der Waals surface area contributed by atoms with Gasteiger partial charge in [-0.2, -0.15) is 0 Å². The Morgan fingerprint density at radius 3 is 1.57 bits per heavy atom. The average Bonchev–Trinajstić information content (AvgIpc) is 2.71. The molecule has 3 aromatic rings. The van der Waals surface area contributed by atoms with Crippen LogP contribution in [-0.2, 0) is 4.43 Å². The summed E-state index contributed by atoms with van der Waals surface area (Å²) in [5, 5.41) is 2.62. The van der Waals surface area contributed by atoms with Crippen molar-refractivity contribution in [2.75, 3.05) is 0 Å². The van der Waals surface area contributed by atoms with Gasteiger partial charge in [0, 0.05) is 0 Å². The Bertz CT molecular complexity index is 840. The number of benzene rings is 3. The molecule has 1 unspecified atom stereocenters. The molecule has 0 aliphatic rings. The fourth-order valence-electron chi connectivity index (χ4n) is 3.82. The van der Waals surface area contributed by atoms with Crippen LogP contribution in [0.2, 0.25) is 5.04 Å². The Morgan fingerprint density at radius 1 is 0.714 bits per heavy atom. The van der Waals surface area contributed by atoms with Crippen LogP contribution in [-0.4, -0.2) is 14.4 Å². The molecular formula is C26H30OSi. The first-order valence-electron chi connectivity index (χ1n) is 9.95. The number of hydrogen-bond acceptors (Lipinski definition) is 1. The van der Waals surface area contributed by atoms with Crippen molar-refractivity contribution in [3.63, 3.8) is 0 Å². The van der Waals surface area contributed by atoms with Gasteiger partial charge in [-0.3, -0.25) is 0 Å². The lowest BCUT2D eigenvalue weighted by atomic mass is 10.2. The van der Waals surface area contributed by atoms with Gasteiger partial charge in [0.2, 0.25) is 0 Å². The zero-order chi connectivity index (χ0) is 20.0. The molecule has 0 bridgehead atoms. The highest BCUT2D eigenvalue weighted by molar-refractivity contribution is 6.99. The molecule has 0 spiro atoms. The summed E-state index contributed by atoms with van der Waals surface area (Å²) in [4.78, 5) is 0. The SMILES string of the molecule is CC(/C=C/c1ccccc1)O[Si](c1ccccc1)(c1ccccc1)C(C)(C)C. The molecule has 0 saturated heterocycles. The molecule has 2 heteroatoms. The normalized spacial score (nSPS) is 13.6. The van der Waals surface area contributed by atoms with Gasteiger partial charge in [0.15, 0.2) is 0 Å². The third-order valence-electron chi connectivity index (χ3n) is 5.14. The van der Waals surface area contributed by atoms with Gasteiger partial charge in [0.05, 0.1) is 6.10 Å². The summed E-state index contributed by atoms with van der Waals surface area (Å²) in [6.07, 6.45) is 4.34. The Labute approximate surface area is 170 Å². The maximum absolute atomic E-state index is 7.05. The van der Waals surface area contributed by atoms with Gasteiger partial charge in [0.1, 0.15) is 0 Å². The lowest BCUT2D eigenvalue weighted by molar-refractivity contribution is 0.253. The molecule has 1 atom stereocenters. The third kappa shape index (κ3) is 4.35. The summed E-state index contributed by atoms with van der Waals surface area (Å²) in [6, 6.07) is 32.0. The smallest absolute Gasteiger partial charge is 0.261 e. The van der Waals surface area contributed by atoms with Crippen LogP contribution < -0.4 is 10.4 Å². The number of rotatable bonds is 6. The largest absolute Gasteiger partial charge is 0.401 e. The molecule has 0 aliphatic heterocycles. The van der Waals surface area contributed by atoms with E-state index in [4.69, 9.17) is 4.43 Å². The van der Waals surface area contributed by atoms with E-state index >= 15 is 0 Å². The van der Waals surface area contributed by atoms with Gasteiger partial charge < -0.3 is 4.43 Å². The summed E-state index contributed by atoms with van der Waals surface area (Å²) in [5.41, 5.74) is 1.19. The lowest BCUT2D eigenvalue weighted by Gasteiger charge is -2.44. The molecule has 0 saturated carbocycles. The summed E-state index contributed by atoms with van der Waals surface area (Å²) in [5.74, 6) is 0. The van der Waals surface area contributed by atoms with E-state index in [0.717, 1.165) is 0 Å². The van der Waals surface area contributed by atoms with Crippen LogP contribution in [0.4, 0.5) is 0 Å². The quantitative estimate of drug-likeness (QED) is 0.496. The van der Waals surface area contributed by atoms with Crippen molar-refractivity contribution >= 4 is 24.8 Å². The van der Waals surface area contributed by atoms with Gasteiger partial charge in [0.25, 0.3) is 8.32 Å². The summed E-state index contributed by atoms with van der Waals surface area (Å²) in [7, 11) is -2.50. The molecule has 0 N–H and O–H groups in total. The van der Waals surface area contributed by atoms with Gasteiger partial charge in [-0.1, -0.05) is 124 Å². The monoisotopic (exact) mass is 386 g/mol. The fraction of sp³-hybridized carbons (Fsp3) is 0.231. The van der Waals surface area contributed by atoms with E-state index in [1.807, 2.05) is 6.07 Å². The summed E-state index contributed by atoms with van der Waals surface area (Å²) in [6.45, 7) is 9.09. The molecule has 1 nitrogen and oxygen atoms in total. The zero-order valence-corrected chi connectivity index (χ0v) is 18.3. The van der Waals surface area contributed by atoms with Crippen molar-refractivity contribution in [3.05, 3.63) is 103 Å². The first-order valence-corrected chi connectivity index (χ1v) is 11.9. The van der Waals surface area contributed by atoms with Gasteiger partial charge >= 0.3 is 0 Å². The Kier molecular flexibility index (Phi) is 6.33. The van der Waals surface area contributed by atoms with E-state index in [9.17, 15) is 0 Å². The van der Waals surface area contributed by atoms with Crippen LogP contribution in [0.1, 0.15) is 33.3 Å². The zero-order valence-electron chi connectivity index (χ0n) is 17.3. The highest BCUT2D eigenvalue weighted by Crippen LogP contribution is 2.37. The Balaban J connectivity index is 2.04. The van der Waals surface area contributed by atoms with Crippen LogP contribution in [0, 0.1) is 0 Å². The van der Waals surface area contributed by atoms with Crippen LogP contribution in [0.5, 0.6) is 0 Å². The van der Waals surface area contributed by atoms with Gasteiger partial charge in [-0.05, 0) is 27.9 Å². The van der Waals surface area contributed by atoms with Crippen molar-refractivity contribution in [2.24, 2.45) is 0 Å². The Hall–Kier alpha value is -2.42. The van der Waals surface area contributed by atoms with Crippen molar-refractivity contribution in [1.29, 1.82) is 0 Å². The lowest BCUT2D eigenvalue weighted by Crippen LogP contribution is -2.67. The minimum absolute atomic E-state index is 0.00603. The van der Waals surface area contributed by atoms with Crippen LogP contribution >= 0.6 is 0 Å². The predicted molar refractivity (Wildman–Crippen MR) is 124 cm³/mol. The maximum atomic E-state index is 7.05. The van der Waals surface area contributed by atoms with Crippen LogP contribution in [0.15, 0.2) is 97.1 Å². The van der Waals surface area contributed by atoms with E-state index in [-0.39, 0.29) is 11.1 Å². The molecule has 0 amide bonds. The fourth-order valence-corrected chi connectivity index (χ4v) is 8.47. The highest BCUT2D eigenvalue weighted by Gasteiger charge is 2.50. The second kappa shape index (κ2) is 8.72. The van der Waals surface area contributed by atoms with Crippen LogP contribution in [0.3, 0.4) is 0 Å². The molecule has 3 aromatic carbocycles. The van der Waals surface area contributed by atoms with Crippen LogP contribution in [0.25, 0.3) is 6.08 Å².